The van der Waals surface area contributed by atoms with Crippen LogP contribution in [0.2, 0.25) is 5.02 Å². The van der Waals surface area contributed by atoms with E-state index in [0.717, 1.165) is 5.56 Å². The average Bonchev–Trinajstić information content (AvgIpc) is 2.40. The minimum absolute atomic E-state index is 0.00382. The Kier molecular flexibility index (Phi) is 4.57. The van der Waals surface area contributed by atoms with Crippen molar-refractivity contribution in [2.24, 2.45) is 5.92 Å². The number of carbonyl (C=O) groups is 2. The van der Waals surface area contributed by atoms with Crippen LogP contribution in [0.1, 0.15) is 32.8 Å². The highest BCUT2D eigenvalue weighted by atomic mass is 35.5. The zero-order chi connectivity index (χ0) is 15.7. The van der Waals surface area contributed by atoms with Gasteiger partial charge < -0.3 is 5.32 Å². The van der Waals surface area contributed by atoms with E-state index in [4.69, 9.17) is 11.6 Å². The number of halogens is 1. The summed E-state index contributed by atoms with van der Waals surface area (Å²) < 4.78 is 0. The molecule has 114 valence electrons. The molecule has 2 rings (SSSR count). The highest BCUT2D eigenvalue weighted by molar-refractivity contribution is 6.34. The van der Waals surface area contributed by atoms with E-state index in [2.05, 4.69) is 5.32 Å². The van der Waals surface area contributed by atoms with Crippen LogP contribution in [0.5, 0.6) is 0 Å². The van der Waals surface area contributed by atoms with Gasteiger partial charge in [-0.05, 0) is 37.0 Å². The summed E-state index contributed by atoms with van der Waals surface area (Å²) in [5.74, 6) is -0.209. The van der Waals surface area contributed by atoms with E-state index in [1.807, 2.05) is 45.9 Å². The summed E-state index contributed by atoms with van der Waals surface area (Å²) in [5.41, 5.74) is 1.63. The fourth-order valence-corrected chi connectivity index (χ4v) is 3.02. The van der Waals surface area contributed by atoms with Crippen LogP contribution in [0.25, 0.3) is 0 Å². The van der Waals surface area contributed by atoms with Crippen LogP contribution in [-0.2, 0) is 9.59 Å². The Balaban J connectivity index is 2.52. The van der Waals surface area contributed by atoms with Crippen molar-refractivity contribution in [1.82, 2.24) is 5.32 Å². The highest BCUT2D eigenvalue weighted by Crippen LogP contribution is 2.32. The molecule has 0 saturated carbocycles. The Morgan fingerprint density at radius 3 is 2.52 bits per heavy atom. The van der Waals surface area contributed by atoms with Crippen molar-refractivity contribution in [2.75, 3.05) is 4.90 Å². The van der Waals surface area contributed by atoms with Crippen LogP contribution in [0.4, 0.5) is 5.69 Å². The van der Waals surface area contributed by atoms with Gasteiger partial charge in [0.1, 0.15) is 12.1 Å². The molecule has 1 N–H and O–H groups in total. The number of amides is 2. The van der Waals surface area contributed by atoms with Crippen molar-refractivity contribution >= 4 is 29.1 Å². The van der Waals surface area contributed by atoms with Gasteiger partial charge in [-0.15, -0.1) is 0 Å². The van der Waals surface area contributed by atoms with Gasteiger partial charge >= 0.3 is 0 Å². The van der Waals surface area contributed by atoms with Crippen LogP contribution in [-0.4, -0.2) is 23.9 Å². The Morgan fingerprint density at radius 1 is 1.33 bits per heavy atom. The predicted molar refractivity (Wildman–Crippen MR) is 84.5 cm³/mol. The highest BCUT2D eigenvalue weighted by Gasteiger charge is 2.42. The Hall–Kier alpha value is -1.55. The molecule has 1 aromatic rings. The topological polar surface area (TPSA) is 49.4 Å². The second kappa shape index (κ2) is 6.06. The molecule has 1 aromatic carbocycles. The van der Waals surface area contributed by atoms with Crippen molar-refractivity contribution in [1.29, 1.82) is 0 Å². The van der Waals surface area contributed by atoms with Gasteiger partial charge in [0.05, 0.1) is 10.7 Å². The van der Waals surface area contributed by atoms with E-state index < -0.39 is 12.1 Å². The quantitative estimate of drug-likeness (QED) is 0.933. The first-order valence-electron chi connectivity index (χ1n) is 7.26. The molecule has 2 unspecified atom stereocenters. The minimum atomic E-state index is -0.527. The smallest absolute Gasteiger partial charge is 0.250 e. The van der Waals surface area contributed by atoms with E-state index in [1.54, 1.807) is 4.90 Å². The first-order chi connectivity index (χ1) is 9.86. The lowest BCUT2D eigenvalue weighted by atomic mass is 9.95. The van der Waals surface area contributed by atoms with E-state index in [0.29, 0.717) is 17.1 Å². The number of benzene rings is 1. The third kappa shape index (κ3) is 2.91. The molecule has 1 fully saturated rings. The lowest BCUT2D eigenvalue weighted by Gasteiger charge is -2.41. The number of carbonyl (C=O) groups excluding carboxylic acids is 2. The molecule has 0 aliphatic carbocycles. The molecule has 0 aromatic heterocycles. The Bertz CT molecular complexity index is 571. The summed E-state index contributed by atoms with van der Waals surface area (Å²) in [6, 6.07) is 4.52. The van der Waals surface area contributed by atoms with E-state index >= 15 is 0 Å². The van der Waals surface area contributed by atoms with Gasteiger partial charge in [0, 0.05) is 0 Å². The van der Waals surface area contributed by atoms with Crippen molar-refractivity contribution in [2.45, 2.75) is 46.2 Å². The van der Waals surface area contributed by atoms with Crippen molar-refractivity contribution in [3.05, 3.63) is 28.8 Å². The number of rotatable bonds is 3. The fraction of sp³-hybridized carbons (Fsp3) is 0.500. The van der Waals surface area contributed by atoms with Crippen LogP contribution < -0.4 is 10.2 Å². The van der Waals surface area contributed by atoms with E-state index in [-0.39, 0.29) is 17.7 Å². The molecule has 5 heteroatoms. The van der Waals surface area contributed by atoms with Crippen molar-refractivity contribution in [3.63, 3.8) is 0 Å². The van der Waals surface area contributed by atoms with Gasteiger partial charge in [-0.25, -0.2) is 0 Å². The molecular weight excluding hydrogens is 288 g/mol. The molecule has 1 aliphatic heterocycles. The van der Waals surface area contributed by atoms with Gasteiger partial charge in [0.2, 0.25) is 11.8 Å². The molecule has 1 aliphatic rings. The van der Waals surface area contributed by atoms with Crippen LogP contribution in [0.3, 0.4) is 0 Å². The second-order valence-corrected chi connectivity index (χ2v) is 6.23. The second-order valence-electron chi connectivity index (χ2n) is 5.82. The number of anilines is 1. The normalized spacial score (nSPS) is 22.7. The number of piperazine rings is 1. The summed E-state index contributed by atoms with van der Waals surface area (Å²) in [6.07, 6.45) is 0.565. The third-order valence-electron chi connectivity index (χ3n) is 3.80. The lowest BCUT2D eigenvalue weighted by Crippen LogP contribution is -2.65. The maximum Gasteiger partial charge on any atom is 0.250 e. The number of aryl methyl sites for hydroxylation is 1. The minimum Gasteiger partial charge on any atom is -0.342 e. The summed E-state index contributed by atoms with van der Waals surface area (Å²) in [7, 11) is 0. The first kappa shape index (κ1) is 15.8. The fourth-order valence-electron chi connectivity index (χ4n) is 2.69. The number of hydrogen-bond donors (Lipinski definition) is 1. The molecule has 0 spiro atoms. The van der Waals surface area contributed by atoms with Crippen molar-refractivity contribution < 1.29 is 9.59 Å². The first-order valence-corrected chi connectivity index (χ1v) is 7.64. The van der Waals surface area contributed by atoms with Gasteiger partial charge in [0.15, 0.2) is 0 Å². The maximum absolute atomic E-state index is 12.7. The Morgan fingerprint density at radius 2 is 2.00 bits per heavy atom. The molecule has 2 atom stereocenters. The van der Waals surface area contributed by atoms with Gasteiger partial charge in [-0.2, -0.15) is 0 Å². The van der Waals surface area contributed by atoms with E-state index in [9.17, 15) is 9.59 Å². The SMILES string of the molecule is CCC1NC(=O)C(C(C)C)N(c2ccc(C)cc2Cl)C1=O. The summed E-state index contributed by atoms with van der Waals surface area (Å²) in [5, 5.41) is 3.30. The average molecular weight is 309 g/mol. The van der Waals surface area contributed by atoms with Crippen LogP contribution >= 0.6 is 11.6 Å². The Labute approximate surface area is 130 Å². The monoisotopic (exact) mass is 308 g/mol. The molecular formula is C16H21ClN2O2. The largest absolute Gasteiger partial charge is 0.342 e. The van der Waals surface area contributed by atoms with Crippen LogP contribution in [0, 0.1) is 12.8 Å². The number of hydrogen-bond acceptors (Lipinski definition) is 2. The maximum atomic E-state index is 12.7. The summed E-state index contributed by atoms with van der Waals surface area (Å²) >= 11 is 6.31. The predicted octanol–water partition coefficient (Wildman–Crippen LogP) is 2.91. The van der Waals surface area contributed by atoms with Gasteiger partial charge in [0.25, 0.3) is 0 Å². The van der Waals surface area contributed by atoms with Crippen molar-refractivity contribution in [3.8, 4) is 0 Å². The molecule has 1 heterocycles. The third-order valence-corrected chi connectivity index (χ3v) is 4.10. The molecule has 21 heavy (non-hydrogen) atoms. The number of nitrogens with one attached hydrogen (secondary N) is 1. The van der Waals surface area contributed by atoms with E-state index in [1.165, 1.54) is 0 Å². The lowest BCUT2D eigenvalue weighted by molar-refractivity contribution is -0.134. The summed E-state index contributed by atoms with van der Waals surface area (Å²) in [6.45, 7) is 7.68. The molecule has 2 amide bonds. The molecule has 0 bridgehead atoms. The summed E-state index contributed by atoms with van der Waals surface area (Å²) in [4.78, 5) is 26.6. The zero-order valence-electron chi connectivity index (χ0n) is 12.8. The standard InChI is InChI=1S/C16H21ClN2O2/c1-5-12-16(21)19(14(9(2)3)15(20)18-12)13-7-6-10(4)8-11(13)17/h6-9,12,14H,5H2,1-4H3,(H,18,20). The van der Waals surface area contributed by atoms with Crippen LogP contribution in [0.15, 0.2) is 18.2 Å². The molecule has 4 nitrogen and oxygen atoms in total. The molecule has 0 radical (unpaired) electrons. The zero-order valence-corrected chi connectivity index (χ0v) is 13.6. The van der Waals surface area contributed by atoms with Gasteiger partial charge in [-0.3, -0.25) is 14.5 Å². The number of nitrogens with zero attached hydrogens (tertiary/aromatic N) is 1. The van der Waals surface area contributed by atoms with Gasteiger partial charge in [-0.1, -0.05) is 38.4 Å². The molecule has 1 saturated heterocycles.